The lowest BCUT2D eigenvalue weighted by atomic mass is 10.2. The molecule has 0 aliphatic heterocycles. The van der Waals surface area contributed by atoms with Gasteiger partial charge >= 0.3 is 0 Å². The van der Waals surface area contributed by atoms with E-state index in [-0.39, 0.29) is 19.0 Å². The van der Waals surface area contributed by atoms with Gasteiger partial charge < -0.3 is 9.84 Å². The van der Waals surface area contributed by atoms with E-state index in [0.717, 1.165) is 27.9 Å². The summed E-state index contributed by atoms with van der Waals surface area (Å²) in [6, 6.07) is 8.71. The van der Waals surface area contributed by atoms with Gasteiger partial charge in [-0.2, -0.15) is 0 Å². The van der Waals surface area contributed by atoms with Crippen LogP contribution in [0.5, 0.6) is 5.75 Å². The first-order valence-electron chi connectivity index (χ1n) is 6.23. The van der Waals surface area contributed by atoms with Crippen LogP contribution in [-0.4, -0.2) is 10.1 Å². The smallest absolute Gasteiger partial charge is 0.167 e. The molecule has 0 spiro atoms. The van der Waals surface area contributed by atoms with Crippen molar-refractivity contribution in [1.29, 1.82) is 0 Å². The predicted molar refractivity (Wildman–Crippen MR) is 76.2 cm³/mol. The summed E-state index contributed by atoms with van der Waals surface area (Å²) in [6.07, 6.45) is 0. The average molecular weight is 307 g/mol. The Morgan fingerprint density at radius 2 is 2.05 bits per heavy atom. The second-order valence-electron chi connectivity index (χ2n) is 4.39. The van der Waals surface area contributed by atoms with Crippen LogP contribution >= 0.6 is 11.3 Å². The van der Waals surface area contributed by atoms with Gasteiger partial charge in [0.25, 0.3) is 0 Å². The minimum absolute atomic E-state index is 0.000278. The Morgan fingerprint density at radius 3 is 2.81 bits per heavy atom. The molecule has 108 valence electrons. The quantitative estimate of drug-likeness (QED) is 0.800. The van der Waals surface area contributed by atoms with E-state index in [4.69, 9.17) is 9.84 Å². The Morgan fingerprint density at radius 1 is 1.19 bits per heavy atom. The van der Waals surface area contributed by atoms with Crippen molar-refractivity contribution >= 4 is 21.6 Å². The van der Waals surface area contributed by atoms with Crippen molar-refractivity contribution in [3.05, 3.63) is 58.6 Å². The van der Waals surface area contributed by atoms with Gasteiger partial charge in [0.1, 0.15) is 17.4 Å². The van der Waals surface area contributed by atoms with E-state index >= 15 is 0 Å². The molecule has 0 atom stereocenters. The summed E-state index contributed by atoms with van der Waals surface area (Å²) < 4.78 is 32.6. The highest BCUT2D eigenvalue weighted by Gasteiger charge is 2.10. The van der Waals surface area contributed by atoms with Gasteiger partial charge in [0.05, 0.1) is 16.8 Å². The minimum Gasteiger partial charge on any atom is -0.486 e. The average Bonchev–Trinajstić information content (AvgIpc) is 2.90. The molecular weight excluding hydrogens is 296 g/mol. The van der Waals surface area contributed by atoms with Crippen molar-refractivity contribution in [3.8, 4) is 5.75 Å². The Bertz CT molecular complexity index is 788. The topological polar surface area (TPSA) is 42.4 Å². The number of thiazole rings is 1. The molecule has 3 rings (SSSR count). The zero-order valence-corrected chi connectivity index (χ0v) is 11.7. The number of aliphatic hydroxyl groups excluding tert-OH is 1. The maximum Gasteiger partial charge on any atom is 0.167 e. The molecule has 0 saturated heterocycles. The molecule has 1 N–H and O–H groups in total. The lowest BCUT2D eigenvalue weighted by molar-refractivity contribution is 0.281. The van der Waals surface area contributed by atoms with E-state index in [1.54, 1.807) is 0 Å². The molecule has 0 amide bonds. The molecule has 21 heavy (non-hydrogen) atoms. The normalized spacial score (nSPS) is 11.0. The van der Waals surface area contributed by atoms with Crippen LogP contribution in [0.15, 0.2) is 36.4 Å². The Labute approximate surface area is 123 Å². The van der Waals surface area contributed by atoms with Crippen LogP contribution in [0.4, 0.5) is 8.78 Å². The highest BCUT2D eigenvalue weighted by Crippen LogP contribution is 2.27. The standard InChI is InChI=1S/C15H11F2NO2S/c16-10-4-5-13(11(17)6-10)20-8-9-2-1-3-12-15(9)21-14(7-19)18-12/h1-6,19H,7-8H2. The fourth-order valence-electron chi connectivity index (χ4n) is 1.98. The van der Waals surface area contributed by atoms with Crippen LogP contribution in [0.2, 0.25) is 0 Å². The molecule has 1 heterocycles. The van der Waals surface area contributed by atoms with E-state index in [2.05, 4.69) is 4.98 Å². The van der Waals surface area contributed by atoms with E-state index < -0.39 is 11.6 Å². The van der Waals surface area contributed by atoms with Gasteiger partial charge in [-0.05, 0) is 18.2 Å². The van der Waals surface area contributed by atoms with E-state index in [1.807, 2.05) is 18.2 Å². The number of hydrogen-bond donors (Lipinski definition) is 1. The zero-order valence-electron chi connectivity index (χ0n) is 10.8. The molecule has 3 nitrogen and oxygen atoms in total. The van der Waals surface area contributed by atoms with E-state index in [1.165, 1.54) is 17.4 Å². The SMILES string of the molecule is OCc1nc2cccc(COc3ccc(F)cc3F)c2s1. The number of nitrogens with zero attached hydrogens (tertiary/aromatic N) is 1. The molecule has 0 aliphatic carbocycles. The lowest BCUT2D eigenvalue weighted by Crippen LogP contribution is -1.98. The van der Waals surface area contributed by atoms with Crippen LogP contribution < -0.4 is 4.74 Å². The lowest BCUT2D eigenvalue weighted by Gasteiger charge is -2.07. The van der Waals surface area contributed by atoms with Crippen LogP contribution in [-0.2, 0) is 13.2 Å². The number of benzene rings is 2. The number of rotatable bonds is 4. The van der Waals surface area contributed by atoms with Gasteiger partial charge in [-0.1, -0.05) is 12.1 Å². The van der Waals surface area contributed by atoms with Crippen molar-refractivity contribution in [2.45, 2.75) is 13.2 Å². The van der Waals surface area contributed by atoms with E-state index in [9.17, 15) is 8.78 Å². The van der Waals surface area contributed by atoms with Gasteiger partial charge in [0, 0.05) is 11.6 Å². The fraction of sp³-hybridized carbons (Fsp3) is 0.133. The third kappa shape index (κ3) is 2.86. The third-order valence-electron chi connectivity index (χ3n) is 2.95. The summed E-state index contributed by atoms with van der Waals surface area (Å²) in [7, 11) is 0. The largest absolute Gasteiger partial charge is 0.486 e. The molecule has 2 aromatic carbocycles. The van der Waals surface area contributed by atoms with Crippen molar-refractivity contribution in [2.75, 3.05) is 0 Å². The fourth-order valence-corrected chi connectivity index (χ4v) is 2.90. The molecule has 6 heteroatoms. The summed E-state index contributed by atoms with van der Waals surface area (Å²) in [6.45, 7) is 0.0270. The van der Waals surface area contributed by atoms with Gasteiger partial charge in [0.2, 0.25) is 0 Å². The molecule has 0 unspecified atom stereocenters. The maximum absolute atomic E-state index is 13.5. The molecule has 0 bridgehead atoms. The summed E-state index contributed by atoms with van der Waals surface area (Å²) in [5.74, 6) is -1.38. The van der Waals surface area contributed by atoms with Crippen molar-refractivity contribution in [1.82, 2.24) is 4.98 Å². The first-order valence-corrected chi connectivity index (χ1v) is 7.05. The highest BCUT2D eigenvalue weighted by atomic mass is 32.1. The summed E-state index contributed by atoms with van der Waals surface area (Å²) in [4.78, 5) is 4.27. The van der Waals surface area contributed by atoms with Crippen LogP contribution in [0.1, 0.15) is 10.6 Å². The number of ether oxygens (including phenoxy) is 1. The summed E-state index contributed by atoms with van der Waals surface area (Å²) >= 11 is 1.37. The second-order valence-corrected chi connectivity index (χ2v) is 5.48. The molecule has 0 saturated carbocycles. The first-order chi connectivity index (χ1) is 10.2. The Balaban J connectivity index is 1.86. The zero-order chi connectivity index (χ0) is 14.8. The molecule has 0 aliphatic rings. The summed E-state index contributed by atoms with van der Waals surface area (Å²) in [5.41, 5.74) is 1.61. The van der Waals surface area contributed by atoms with Crippen molar-refractivity contribution in [2.24, 2.45) is 0 Å². The summed E-state index contributed by atoms with van der Waals surface area (Å²) in [5, 5.41) is 9.75. The van der Waals surface area contributed by atoms with Gasteiger partial charge in [-0.15, -0.1) is 11.3 Å². The van der Waals surface area contributed by atoms with Crippen molar-refractivity contribution in [3.63, 3.8) is 0 Å². The molecule has 0 radical (unpaired) electrons. The van der Waals surface area contributed by atoms with Gasteiger partial charge in [-0.25, -0.2) is 13.8 Å². The number of hydrogen-bond acceptors (Lipinski definition) is 4. The molecule has 3 aromatic rings. The minimum atomic E-state index is -0.734. The van der Waals surface area contributed by atoms with Crippen LogP contribution in [0.3, 0.4) is 0 Å². The number of aliphatic hydroxyl groups is 1. The Hall–Kier alpha value is -2.05. The van der Waals surface area contributed by atoms with E-state index in [0.29, 0.717) is 5.01 Å². The van der Waals surface area contributed by atoms with Gasteiger partial charge in [-0.3, -0.25) is 0 Å². The Kier molecular flexibility index (Phi) is 3.81. The van der Waals surface area contributed by atoms with Crippen LogP contribution in [0, 0.1) is 11.6 Å². The second kappa shape index (κ2) is 5.75. The predicted octanol–water partition coefficient (Wildman–Crippen LogP) is 3.65. The first kappa shape index (κ1) is 13.9. The third-order valence-corrected chi connectivity index (χ3v) is 4.08. The molecular formula is C15H11F2NO2S. The maximum atomic E-state index is 13.5. The van der Waals surface area contributed by atoms with Crippen molar-refractivity contribution < 1.29 is 18.6 Å². The monoisotopic (exact) mass is 307 g/mol. The molecule has 0 fully saturated rings. The number of fused-ring (bicyclic) bond motifs is 1. The number of halogens is 2. The number of aromatic nitrogens is 1. The van der Waals surface area contributed by atoms with Crippen LogP contribution in [0.25, 0.3) is 10.2 Å². The molecule has 1 aromatic heterocycles. The highest BCUT2D eigenvalue weighted by molar-refractivity contribution is 7.18. The van der Waals surface area contributed by atoms with Gasteiger partial charge in [0.15, 0.2) is 11.6 Å².